The van der Waals surface area contributed by atoms with Crippen molar-refractivity contribution in [1.29, 1.82) is 0 Å². The minimum absolute atomic E-state index is 0.104. The second-order valence-corrected chi connectivity index (χ2v) is 5.36. The molecule has 19 heavy (non-hydrogen) atoms. The summed E-state index contributed by atoms with van der Waals surface area (Å²) >= 11 is 0. The van der Waals surface area contributed by atoms with Gasteiger partial charge in [0.2, 0.25) is 0 Å². The number of hydrogen-bond donors (Lipinski definition) is 1. The van der Waals surface area contributed by atoms with Gasteiger partial charge in [-0.05, 0) is 38.5 Å². The molecule has 4 heteroatoms. The van der Waals surface area contributed by atoms with Crippen molar-refractivity contribution >= 4 is 0 Å². The molecule has 1 fully saturated rings. The molecule has 1 aromatic rings. The highest BCUT2D eigenvalue weighted by atomic mass is 16.5. The normalized spacial score (nSPS) is 23.8. The van der Waals surface area contributed by atoms with E-state index in [0.717, 1.165) is 36.9 Å². The number of aliphatic hydroxyl groups is 1. The maximum absolute atomic E-state index is 9.59. The summed E-state index contributed by atoms with van der Waals surface area (Å²) in [6.45, 7) is 4.35. The van der Waals surface area contributed by atoms with Crippen LogP contribution in [0.4, 0.5) is 0 Å². The third-order valence-corrected chi connectivity index (χ3v) is 4.31. The average molecular weight is 266 g/mol. The van der Waals surface area contributed by atoms with Crippen molar-refractivity contribution < 1.29 is 9.84 Å². The number of rotatable bonds is 5. The molecule has 2 unspecified atom stereocenters. The lowest BCUT2D eigenvalue weighted by atomic mass is 9.92. The summed E-state index contributed by atoms with van der Waals surface area (Å²) in [5.74, 6) is 0. The number of aliphatic hydroxyl groups excluding tert-OH is 1. The summed E-state index contributed by atoms with van der Waals surface area (Å²) in [5, 5.41) is 14.4. The van der Waals surface area contributed by atoms with E-state index >= 15 is 0 Å². The Morgan fingerprint density at radius 2 is 2.11 bits per heavy atom. The third kappa shape index (κ3) is 2.84. The largest absolute Gasteiger partial charge is 0.392 e. The Kier molecular flexibility index (Phi) is 4.99. The fourth-order valence-electron chi connectivity index (χ4n) is 3.26. The number of aromatic nitrogens is 2. The Labute approximate surface area is 115 Å². The predicted molar refractivity (Wildman–Crippen MR) is 75.2 cm³/mol. The summed E-state index contributed by atoms with van der Waals surface area (Å²) in [4.78, 5) is 0. The Morgan fingerprint density at radius 3 is 2.68 bits per heavy atom. The molecule has 4 nitrogen and oxygen atoms in total. The van der Waals surface area contributed by atoms with Gasteiger partial charge in [-0.2, -0.15) is 5.10 Å². The van der Waals surface area contributed by atoms with Crippen LogP contribution >= 0.6 is 0 Å². The highest BCUT2D eigenvalue weighted by Gasteiger charge is 2.27. The minimum atomic E-state index is 0.104. The average Bonchev–Trinajstić information content (AvgIpc) is 2.84. The Morgan fingerprint density at radius 1 is 1.32 bits per heavy atom. The fourth-order valence-corrected chi connectivity index (χ4v) is 3.26. The molecule has 0 saturated heterocycles. The number of aryl methyl sites for hydroxylation is 1. The monoisotopic (exact) mass is 266 g/mol. The predicted octanol–water partition coefficient (Wildman–Crippen LogP) is 2.63. The van der Waals surface area contributed by atoms with E-state index in [0.29, 0.717) is 12.1 Å². The molecule has 0 aromatic carbocycles. The van der Waals surface area contributed by atoms with E-state index in [1.165, 1.54) is 18.5 Å². The number of ether oxygens (including phenoxy) is 1. The summed E-state index contributed by atoms with van der Waals surface area (Å²) < 4.78 is 7.69. The van der Waals surface area contributed by atoms with Crippen LogP contribution in [-0.4, -0.2) is 28.1 Å². The van der Waals surface area contributed by atoms with E-state index in [1.807, 2.05) is 0 Å². The summed E-state index contributed by atoms with van der Waals surface area (Å²) in [6.07, 6.45) is 6.73. The molecule has 1 aliphatic rings. The second kappa shape index (κ2) is 6.53. The maximum atomic E-state index is 9.59. The molecule has 0 radical (unpaired) electrons. The highest BCUT2D eigenvalue weighted by molar-refractivity contribution is 5.26. The van der Waals surface area contributed by atoms with E-state index in [4.69, 9.17) is 9.84 Å². The van der Waals surface area contributed by atoms with Crippen molar-refractivity contribution in [2.45, 2.75) is 71.1 Å². The molecule has 1 N–H and O–H groups in total. The van der Waals surface area contributed by atoms with Gasteiger partial charge in [0.25, 0.3) is 0 Å². The van der Waals surface area contributed by atoms with Gasteiger partial charge in [-0.1, -0.05) is 13.8 Å². The maximum Gasteiger partial charge on any atom is 0.0718 e. The lowest BCUT2D eigenvalue weighted by Crippen LogP contribution is -2.26. The van der Waals surface area contributed by atoms with Crippen LogP contribution in [0, 0.1) is 0 Å². The topological polar surface area (TPSA) is 47.3 Å². The SMILES string of the molecule is CCc1nn(C2CCCC(OC)C2)c(CC)c1CO. The van der Waals surface area contributed by atoms with Crippen LogP contribution in [0.5, 0.6) is 0 Å². The molecule has 2 atom stereocenters. The van der Waals surface area contributed by atoms with E-state index in [1.54, 1.807) is 7.11 Å². The van der Waals surface area contributed by atoms with Gasteiger partial charge >= 0.3 is 0 Å². The Balaban J connectivity index is 2.30. The van der Waals surface area contributed by atoms with Gasteiger partial charge in [0, 0.05) is 18.4 Å². The molecule has 1 aliphatic carbocycles. The molecule has 108 valence electrons. The number of nitrogens with zero attached hydrogens (tertiary/aromatic N) is 2. The standard InChI is InChI=1S/C15H26N2O2/c1-4-14-13(10-18)15(5-2)17(16-14)11-7-6-8-12(9-11)19-3/h11-12,18H,4-10H2,1-3H3. The highest BCUT2D eigenvalue weighted by Crippen LogP contribution is 2.32. The van der Waals surface area contributed by atoms with Crippen LogP contribution in [-0.2, 0) is 24.2 Å². The molecule has 0 spiro atoms. The Hall–Kier alpha value is -0.870. The molecule has 1 heterocycles. The van der Waals surface area contributed by atoms with Crippen LogP contribution in [0.25, 0.3) is 0 Å². The van der Waals surface area contributed by atoms with Crippen molar-refractivity contribution in [3.63, 3.8) is 0 Å². The molecule has 1 aromatic heterocycles. The van der Waals surface area contributed by atoms with E-state index in [9.17, 15) is 5.11 Å². The van der Waals surface area contributed by atoms with Crippen LogP contribution in [0.2, 0.25) is 0 Å². The van der Waals surface area contributed by atoms with Crippen LogP contribution in [0.15, 0.2) is 0 Å². The first-order chi connectivity index (χ1) is 9.24. The number of methoxy groups -OCH3 is 1. The van der Waals surface area contributed by atoms with Crippen molar-refractivity contribution in [2.75, 3.05) is 7.11 Å². The first kappa shape index (κ1) is 14.5. The molecular formula is C15H26N2O2. The molecule has 0 bridgehead atoms. The zero-order valence-electron chi connectivity index (χ0n) is 12.4. The lowest BCUT2D eigenvalue weighted by molar-refractivity contribution is 0.0502. The Bertz CT molecular complexity index is 415. The van der Waals surface area contributed by atoms with Gasteiger partial charge in [-0.25, -0.2) is 0 Å². The smallest absolute Gasteiger partial charge is 0.0718 e. The molecular weight excluding hydrogens is 240 g/mol. The van der Waals surface area contributed by atoms with E-state index < -0.39 is 0 Å². The van der Waals surface area contributed by atoms with Gasteiger partial charge in [0.05, 0.1) is 24.4 Å². The van der Waals surface area contributed by atoms with Gasteiger partial charge in [0.1, 0.15) is 0 Å². The first-order valence-corrected chi connectivity index (χ1v) is 7.47. The number of hydrogen-bond acceptors (Lipinski definition) is 3. The summed E-state index contributed by atoms with van der Waals surface area (Å²) in [5.41, 5.74) is 3.31. The third-order valence-electron chi connectivity index (χ3n) is 4.31. The van der Waals surface area contributed by atoms with Gasteiger partial charge in [0.15, 0.2) is 0 Å². The van der Waals surface area contributed by atoms with E-state index in [-0.39, 0.29) is 6.61 Å². The molecule has 1 saturated carbocycles. The lowest BCUT2D eigenvalue weighted by Gasteiger charge is -2.29. The van der Waals surface area contributed by atoms with Crippen molar-refractivity contribution in [3.8, 4) is 0 Å². The van der Waals surface area contributed by atoms with Gasteiger partial charge in [-0.3, -0.25) is 4.68 Å². The fraction of sp³-hybridized carbons (Fsp3) is 0.800. The minimum Gasteiger partial charge on any atom is -0.392 e. The van der Waals surface area contributed by atoms with Crippen LogP contribution in [0.1, 0.15) is 62.5 Å². The molecule has 2 rings (SSSR count). The van der Waals surface area contributed by atoms with Crippen molar-refractivity contribution in [1.82, 2.24) is 9.78 Å². The molecule has 0 aliphatic heterocycles. The zero-order chi connectivity index (χ0) is 13.8. The second-order valence-electron chi connectivity index (χ2n) is 5.36. The molecule has 0 amide bonds. The van der Waals surface area contributed by atoms with Crippen LogP contribution < -0.4 is 0 Å². The first-order valence-electron chi connectivity index (χ1n) is 7.47. The van der Waals surface area contributed by atoms with Crippen molar-refractivity contribution in [2.24, 2.45) is 0 Å². The van der Waals surface area contributed by atoms with Crippen molar-refractivity contribution in [3.05, 3.63) is 17.0 Å². The summed E-state index contributed by atoms with van der Waals surface area (Å²) in [6, 6.07) is 0.430. The zero-order valence-corrected chi connectivity index (χ0v) is 12.4. The van der Waals surface area contributed by atoms with E-state index in [2.05, 4.69) is 18.5 Å². The van der Waals surface area contributed by atoms with Crippen LogP contribution in [0.3, 0.4) is 0 Å². The summed E-state index contributed by atoms with van der Waals surface area (Å²) in [7, 11) is 1.80. The quantitative estimate of drug-likeness (QED) is 0.891. The van der Waals surface area contributed by atoms with Gasteiger partial charge in [-0.15, -0.1) is 0 Å². The van der Waals surface area contributed by atoms with Gasteiger partial charge < -0.3 is 9.84 Å².